The first-order valence-corrected chi connectivity index (χ1v) is 14.9. The average molecular weight is 523 g/mol. The van der Waals surface area contributed by atoms with E-state index in [9.17, 15) is 16.8 Å². The van der Waals surface area contributed by atoms with Gasteiger partial charge in [-0.1, -0.05) is 11.3 Å². The highest BCUT2D eigenvalue weighted by Gasteiger charge is 2.26. The van der Waals surface area contributed by atoms with Gasteiger partial charge in [0.25, 0.3) is 0 Å². The SMILES string of the molecule is CC(C)Oc1ccc(S(C)(=O)=O)cc1N1CCN(c2ncc(S(=O)(=O)c3cccnc3)s2)CC1. The third kappa shape index (κ3) is 5.18. The number of thiazole rings is 1. The summed E-state index contributed by atoms with van der Waals surface area (Å²) in [5.74, 6) is 0.634. The van der Waals surface area contributed by atoms with Gasteiger partial charge in [-0.3, -0.25) is 4.98 Å². The van der Waals surface area contributed by atoms with Crippen molar-refractivity contribution in [1.29, 1.82) is 0 Å². The van der Waals surface area contributed by atoms with Crippen LogP contribution in [0.3, 0.4) is 0 Å². The molecule has 9 nitrogen and oxygen atoms in total. The first-order chi connectivity index (χ1) is 16.1. The summed E-state index contributed by atoms with van der Waals surface area (Å²) in [7, 11) is -7.02. The number of ether oxygens (including phenoxy) is 1. The van der Waals surface area contributed by atoms with Gasteiger partial charge >= 0.3 is 0 Å². The second-order valence-corrected chi connectivity index (χ2v) is 13.4. The molecule has 3 aromatic rings. The molecule has 12 heteroatoms. The predicted molar refractivity (Wildman–Crippen MR) is 132 cm³/mol. The van der Waals surface area contributed by atoms with Gasteiger partial charge in [-0.2, -0.15) is 0 Å². The van der Waals surface area contributed by atoms with Crippen LogP contribution in [0.25, 0.3) is 0 Å². The molecule has 0 spiro atoms. The van der Waals surface area contributed by atoms with Crippen LogP contribution < -0.4 is 14.5 Å². The van der Waals surface area contributed by atoms with Crippen molar-refractivity contribution in [3.63, 3.8) is 0 Å². The molecule has 4 rings (SSSR count). The number of anilines is 2. The minimum absolute atomic E-state index is 0.0559. The zero-order valence-corrected chi connectivity index (χ0v) is 21.5. The summed E-state index contributed by atoms with van der Waals surface area (Å²) in [4.78, 5) is 12.8. The zero-order valence-electron chi connectivity index (χ0n) is 19.1. The lowest BCUT2D eigenvalue weighted by Crippen LogP contribution is -2.46. The van der Waals surface area contributed by atoms with Crippen LogP contribution in [0.15, 0.2) is 62.9 Å². The van der Waals surface area contributed by atoms with E-state index < -0.39 is 19.7 Å². The Labute approximate surface area is 203 Å². The van der Waals surface area contributed by atoms with Crippen molar-refractivity contribution >= 4 is 41.8 Å². The topological polar surface area (TPSA) is 110 Å². The van der Waals surface area contributed by atoms with Crippen molar-refractivity contribution in [2.45, 2.75) is 34.0 Å². The molecule has 1 aromatic carbocycles. The van der Waals surface area contributed by atoms with Crippen molar-refractivity contribution in [2.75, 3.05) is 42.2 Å². The predicted octanol–water partition coefficient (Wildman–Crippen LogP) is 2.89. The molecule has 1 aliphatic heterocycles. The molecule has 34 heavy (non-hydrogen) atoms. The largest absolute Gasteiger partial charge is 0.489 e. The summed E-state index contributed by atoms with van der Waals surface area (Å²) in [5.41, 5.74) is 0.732. The number of rotatable bonds is 7. The molecule has 0 bridgehead atoms. The number of piperazine rings is 1. The van der Waals surface area contributed by atoms with Gasteiger partial charge < -0.3 is 14.5 Å². The Morgan fingerprint density at radius 3 is 2.29 bits per heavy atom. The molecule has 0 atom stereocenters. The van der Waals surface area contributed by atoms with E-state index in [1.54, 1.807) is 24.3 Å². The fourth-order valence-corrected chi connectivity index (χ4v) is 6.79. The van der Waals surface area contributed by atoms with Crippen LogP contribution in [0.5, 0.6) is 5.75 Å². The lowest BCUT2D eigenvalue weighted by Gasteiger charge is -2.37. The van der Waals surface area contributed by atoms with Crippen LogP contribution in [-0.4, -0.2) is 65.3 Å². The molecule has 0 aliphatic carbocycles. The minimum atomic E-state index is -3.66. The number of hydrogen-bond acceptors (Lipinski definition) is 10. The average Bonchev–Trinajstić information content (AvgIpc) is 3.30. The smallest absolute Gasteiger partial charge is 0.219 e. The third-order valence-electron chi connectivity index (χ3n) is 5.29. The van der Waals surface area contributed by atoms with Gasteiger partial charge in [0.2, 0.25) is 9.84 Å². The first kappa shape index (κ1) is 24.4. The number of hydrogen-bond donors (Lipinski definition) is 0. The highest BCUT2D eigenvalue weighted by Crippen LogP contribution is 2.35. The first-order valence-electron chi connectivity index (χ1n) is 10.7. The Hall–Kier alpha value is -2.70. The molecule has 1 fully saturated rings. The van der Waals surface area contributed by atoms with E-state index in [4.69, 9.17) is 4.74 Å². The number of aromatic nitrogens is 2. The highest BCUT2D eigenvalue weighted by molar-refractivity contribution is 7.93. The summed E-state index contributed by atoms with van der Waals surface area (Å²) < 4.78 is 56.0. The molecule has 1 aliphatic rings. The van der Waals surface area contributed by atoms with Crippen LogP contribution in [0.4, 0.5) is 10.8 Å². The lowest BCUT2D eigenvalue weighted by molar-refractivity contribution is 0.242. The molecule has 3 heterocycles. The third-order valence-corrected chi connectivity index (χ3v) is 9.66. The summed E-state index contributed by atoms with van der Waals surface area (Å²) in [5, 5.41) is 0.630. The van der Waals surface area contributed by atoms with Gasteiger partial charge in [-0.05, 0) is 44.2 Å². The van der Waals surface area contributed by atoms with E-state index in [-0.39, 0.29) is 20.1 Å². The van der Waals surface area contributed by atoms with Crippen molar-refractivity contribution < 1.29 is 21.6 Å². The van der Waals surface area contributed by atoms with Crippen LogP contribution in [-0.2, 0) is 19.7 Å². The lowest BCUT2D eigenvalue weighted by atomic mass is 10.2. The Balaban J connectivity index is 1.52. The Morgan fingerprint density at radius 1 is 0.971 bits per heavy atom. The molecular weight excluding hydrogens is 496 g/mol. The second kappa shape index (κ2) is 9.51. The summed E-state index contributed by atoms with van der Waals surface area (Å²) in [6, 6.07) is 8.03. The monoisotopic (exact) mass is 522 g/mol. The van der Waals surface area contributed by atoms with Gasteiger partial charge in [-0.25, -0.2) is 21.8 Å². The summed E-state index contributed by atoms with van der Waals surface area (Å²) in [6.07, 6.45) is 5.37. The summed E-state index contributed by atoms with van der Waals surface area (Å²) in [6.45, 7) is 6.25. The van der Waals surface area contributed by atoms with Crippen LogP contribution in [0.2, 0.25) is 0 Å². The molecule has 0 saturated carbocycles. The van der Waals surface area contributed by atoms with Crippen molar-refractivity contribution in [3.05, 3.63) is 48.9 Å². The fourth-order valence-electron chi connectivity index (χ4n) is 3.61. The van der Waals surface area contributed by atoms with E-state index >= 15 is 0 Å². The molecule has 182 valence electrons. The van der Waals surface area contributed by atoms with Crippen molar-refractivity contribution in [3.8, 4) is 5.75 Å². The van der Waals surface area contributed by atoms with Gasteiger partial charge in [-0.15, -0.1) is 0 Å². The molecule has 0 N–H and O–H groups in total. The molecule has 0 amide bonds. The number of pyridine rings is 1. The Morgan fingerprint density at radius 2 is 1.68 bits per heavy atom. The second-order valence-electron chi connectivity index (χ2n) is 8.20. The number of nitrogens with zero attached hydrogens (tertiary/aromatic N) is 4. The molecule has 0 unspecified atom stereocenters. The van der Waals surface area contributed by atoms with Crippen LogP contribution >= 0.6 is 11.3 Å². The molecule has 1 saturated heterocycles. The Bertz CT molecular complexity index is 1360. The normalized spacial score (nSPS) is 15.1. The van der Waals surface area contributed by atoms with Gasteiger partial charge in [0.05, 0.1) is 27.8 Å². The zero-order chi connectivity index (χ0) is 24.5. The molecular formula is C22H26N4O5S3. The minimum Gasteiger partial charge on any atom is -0.489 e. The number of sulfone groups is 2. The van der Waals surface area contributed by atoms with Gasteiger partial charge in [0.15, 0.2) is 15.0 Å². The standard InChI is InChI=1S/C22H26N4O5S3/c1-16(2)31-20-7-6-17(33(3,27)28)13-19(20)25-9-11-26(12-10-25)22-24-15-21(32-22)34(29,30)18-5-4-8-23-14-18/h4-8,13-16H,9-12H2,1-3H3. The van der Waals surface area contributed by atoms with E-state index in [1.165, 1.54) is 30.9 Å². The Kier molecular flexibility index (Phi) is 6.83. The van der Waals surface area contributed by atoms with Crippen LogP contribution in [0.1, 0.15) is 13.8 Å². The van der Waals surface area contributed by atoms with E-state index in [1.807, 2.05) is 18.7 Å². The van der Waals surface area contributed by atoms with Crippen LogP contribution in [0, 0.1) is 0 Å². The molecule has 0 radical (unpaired) electrons. The van der Waals surface area contributed by atoms with Crippen molar-refractivity contribution in [2.24, 2.45) is 0 Å². The molecule has 2 aromatic heterocycles. The maximum atomic E-state index is 12.8. The quantitative estimate of drug-likeness (QED) is 0.462. The summed E-state index contributed by atoms with van der Waals surface area (Å²) >= 11 is 1.13. The van der Waals surface area contributed by atoms with E-state index in [0.717, 1.165) is 17.0 Å². The highest BCUT2D eigenvalue weighted by atomic mass is 32.2. The van der Waals surface area contributed by atoms with Gasteiger partial charge in [0.1, 0.15) is 9.96 Å². The maximum Gasteiger partial charge on any atom is 0.219 e. The number of benzene rings is 1. The van der Waals surface area contributed by atoms with Gasteiger partial charge in [0, 0.05) is 44.8 Å². The maximum absolute atomic E-state index is 12.8. The van der Waals surface area contributed by atoms with E-state index in [0.29, 0.717) is 37.1 Å². The fraction of sp³-hybridized carbons (Fsp3) is 0.364. The van der Waals surface area contributed by atoms with E-state index in [2.05, 4.69) is 14.9 Å². The van der Waals surface area contributed by atoms with Crippen molar-refractivity contribution in [1.82, 2.24) is 9.97 Å².